The van der Waals surface area contributed by atoms with Crippen LogP contribution in [-0.4, -0.2) is 11.0 Å². The van der Waals surface area contributed by atoms with Crippen LogP contribution in [-0.2, 0) is 9.53 Å². The summed E-state index contributed by atoms with van der Waals surface area (Å²) >= 11 is 0.919. The molecule has 102 valence electrons. The number of benzene rings is 2. The number of carbonyl (C=O) groups is 1. The lowest BCUT2D eigenvalue weighted by Gasteiger charge is -2.13. The summed E-state index contributed by atoms with van der Waals surface area (Å²) < 4.78 is 20.0. The summed E-state index contributed by atoms with van der Waals surface area (Å²) in [4.78, 5) is 12.6. The van der Waals surface area contributed by atoms with Crippen molar-refractivity contribution in [3.8, 4) is 0 Å². The van der Waals surface area contributed by atoms with E-state index >= 15 is 0 Å². The first-order valence-electron chi connectivity index (χ1n) is 6.36. The third-order valence-corrected chi connectivity index (χ3v) is 4.36. The summed E-state index contributed by atoms with van der Waals surface area (Å²) in [7, 11) is 0. The van der Waals surface area contributed by atoms with Gasteiger partial charge in [-0.3, -0.25) is 0 Å². The number of halogens is 1. The van der Waals surface area contributed by atoms with Gasteiger partial charge in [-0.25, -0.2) is 9.18 Å². The van der Waals surface area contributed by atoms with Crippen LogP contribution >= 0.6 is 11.8 Å². The van der Waals surface area contributed by atoms with E-state index in [0.717, 1.165) is 22.2 Å². The average Bonchev–Trinajstić information content (AvgIpc) is 2.77. The Morgan fingerprint density at radius 1 is 1.05 bits per heavy atom. The molecule has 1 saturated heterocycles. The molecule has 0 spiro atoms. The number of cyclic esters (lactones) is 1. The molecule has 20 heavy (non-hydrogen) atoms. The molecule has 0 saturated carbocycles. The minimum absolute atomic E-state index is 0.0371. The number of hydrogen-bond acceptors (Lipinski definition) is 3. The zero-order valence-corrected chi connectivity index (χ0v) is 11.5. The molecule has 0 radical (unpaired) electrons. The smallest absolute Gasteiger partial charge is 0.355 e. The Labute approximate surface area is 121 Å². The van der Waals surface area contributed by atoms with E-state index in [2.05, 4.69) is 0 Å². The van der Waals surface area contributed by atoms with Crippen molar-refractivity contribution in [2.45, 2.75) is 22.4 Å². The van der Waals surface area contributed by atoms with Crippen molar-refractivity contribution in [3.63, 3.8) is 0 Å². The summed E-state index contributed by atoms with van der Waals surface area (Å²) in [5.41, 5.74) is 0.828. The van der Waals surface area contributed by atoms with Gasteiger partial charge in [-0.1, -0.05) is 60.3 Å². The molecule has 2 aromatic rings. The van der Waals surface area contributed by atoms with E-state index < -0.39 is 17.1 Å². The SMILES string of the molecule is O=C1OC(c2ccccc2)CC1(F)Sc1ccccc1. The first-order chi connectivity index (χ1) is 9.67. The van der Waals surface area contributed by atoms with Crippen molar-refractivity contribution >= 4 is 17.7 Å². The van der Waals surface area contributed by atoms with Gasteiger partial charge in [0.1, 0.15) is 6.10 Å². The quantitative estimate of drug-likeness (QED) is 0.794. The molecule has 0 amide bonds. The third-order valence-electron chi connectivity index (χ3n) is 3.20. The molecule has 2 unspecified atom stereocenters. The molecular weight excluding hydrogens is 275 g/mol. The number of thioether (sulfide) groups is 1. The lowest BCUT2D eigenvalue weighted by atomic mass is 10.1. The molecule has 2 nitrogen and oxygen atoms in total. The Kier molecular flexibility index (Phi) is 3.49. The maximum Gasteiger partial charge on any atom is 0.355 e. The van der Waals surface area contributed by atoms with Crippen LogP contribution in [0.1, 0.15) is 18.1 Å². The molecule has 1 aliphatic rings. The van der Waals surface area contributed by atoms with E-state index in [0.29, 0.717) is 0 Å². The fourth-order valence-electron chi connectivity index (χ4n) is 2.19. The van der Waals surface area contributed by atoms with Crippen LogP contribution in [0.25, 0.3) is 0 Å². The van der Waals surface area contributed by atoms with Gasteiger partial charge in [-0.15, -0.1) is 0 Å². The Morgan fingerprint density at radius 3 is 2.30 bits per heavy atom. The van der Waals surface area contributed by atoms with Crippen molar-refractivity contribution in [1.82, 2.24) is 0 Å². The average molecular weight is 288 g/mol. The van der Waals surface area contributed by atoms with Crippen LogP contribution in [0.5, 0.6) is 0 Å². The Morgan fingerprint density at radius 2 is 1.65 bits per heavy atom. The predicted octanol–water partition coefficient (Wildman–Crippen LogP) is 4.13. The van der Waals surface area contributed by atoms with Gasteiger partial charge in [-0.2, -0.15) is 0 Å². The molecule has 3 rings (SSSR count). The fourth-order valence-corrected chi connectivity index (χ4v) is 3.23. The first kappa shape index (κ1) is 13.2. The zero-order valence-electron chi connectivity index (χ0n) is 10.7. The summed E-state index contributed by atoms with van der Waals surface area (Å²) in [6, 6.07) is 18.3. The topological polar surface area (TPSA) is 26.3 Å². The molecule has 4 heteroatoms. The Bertz CT molecular complexity index is 602. The molecule has 2 aromatic carbocycles. The molecule has 0 bridgehead atoms. The molecule has 0 N–H and O–H groups in total. The summed E-state index contributed by atoms with van der Waals surface area (Å²) in [6.07, 6.45) is -0.472. The molecular formula is C16H13FO2S. The van der Waals surface area contributed by atoms with Gasteiger partial charge in [-0.05, 0) is 17.7 Å². The number of alkyl halides is 1. The van der Waals surface area contributed by atoms with Crippen molar-refractivity contribution in [3.05, 3.63) is 66.2 Å². The minimum Gasteiger partial charge on any atom is -0.454 e. The van der Waals surface area contributed by atoms with Crippen LogP contribution in [0.2, 0.25) is 0 Å². The monoisotopic (exact) mass is 288 g/mol. The van der Waals surface area contributed by atoms with Crippen LogP contribution in [0.15, 0.2) is 65.6 Å². The molecule has 1 heterocycles. The lowest BCUT2D eigenvalue weighted by molar-refractivity contribution is -0.146. The summed E-state index contributed by atoms with van der Waals surface area (Å²) in [5, 5.41) is -2.01. The number of ether oxygens (including phenoxy) is 1. The van der Waals surface area contributed by atoms with E-state index in [4.69, 9.17) is 4.74 Å². The van der Waals surface area contributed by atoms with Gasteiger partial charge in [0.2, 0.25) is 0 Å². The number of carbonyl (C=O) groups excluding carboxylic acids is 1. The molecule has 0 aliphatic carbocycles. The highest BCUT2D eigenvalue weighted by Gasteiger charge is 2.51. The van der Waals surface area contributed by atoms with Gasteiger partial charge in [0.15, 0.2) is 0 Å². The second-order valence-corrected chi connectivity index (χ2v) is 5.97. The predicted molar refractivity (Wildman–Crippen MR) is 76.0 cm³/mol. The standard InChI is InChI=1S/C16H13FO2S/c17-16(20-13-9-5-2-6-10-13)11-14(19-15(16)18)12-7-3-1-4-8-12/h1-10,14H,11H2. The molecule has 1 aliphatic heterocycles. The largest absolute Gasteiger partial charge is 0.454 e. The lowest BCUT2D eigenvalue weighted by Crippen LogP contribution is -2.23. The van der Waals surface area contributed by atoms with Crippen molar-refractivity contribution in [2.75, 3.05) is 0 Å². The van der Waals surface area contributed by atoms with E-state index in [1.54, 1.807) is 12.1 Å². The van der Waals surface area contributed by atoms with Gasteiger partial charge >= 0.3 is 5.97 Å². The van der Waals surface area contributed by atoms with E-state index in [1.165, 1.54) is 0 Å². The van der Waals surface area contributed by atoms with E-state index in [1.807, 2.05) is 48.5 Å². The normalized spacial score (nSPS) is 25.4. The van der Waals surface area contributed by atoms with Gasteiger partial charge in [0.05, 0.1) is 0 Å². The molecule has 0 aromatic heterocycles. The molecule has 1 fully saturated rings. The Hall–Kier alpha value is -1.81. The summed E-state index contributed by atoms with van der Waals surface area (Å²) in [5.74, 6) is -0.791. The summed E-state index contributed by atoms with van der Waals surface area (Å²) in [6.45, 7) is 0. The minimum atomic E-state index is -2.01. The maximum absolute atomic E-state index is 14.8. The van der Waals surface area contributed by atoms with Crippen molar-refractivity contribution in [2.24, 2.45) is 0 Å². The van der Waals surface area contributed by atoms with Gasteiger partial charge < -0.3 is 4.74 Å². The second-order valence-electron chi connectivity index (χ2n) is 4.65. The van der Waals surface area contributed by atoms with Crippen molar-refractivity contribution in [1.29, 1.82) is 0 Å². The zero-order chi connectivity index (χ0) is 14.0. The van der Waals surface area contributed by atoms with Crippen LogP contribution in [0.3, 0.4) is 0 Å². The second kappa shape index (κ2) is 5.29. The van der Waals surface area contributed by atoms with Crippen LogP contribution in [0, 0.1) is 0 Å². The fraction of sp³-hybridized carbons (Fsp3) is 0.188. The third kappa shape index (κ3) is 2.56. The van der Waals surface area contributed by atoms with Crippen LogP contribution in [0.4, 0.5) is 4.39 Å². The highest BCUT2D eigenvalue weighted by atomic mass is 32.2. The first-order valence-corrected chi connectivity index (χ1v) is 7.18. The van der Waals surface area contributed by atoms with Crippen molar-refractivity contribution < 1.29 is 13.9 Å². The van der Waals surface area contributed by atoms with Gasteiger partial charge in [0.25, 0.3) is 5.00 Å². The molecule has 2 atom stereocenters. The number of esters is 1. The van der Waals surface area contributed by atoms with Gasteiger partial charge in [0, 0.05) is 11.3 Å². The van der Waals surface area contributed by atoms with E-state index in [9.17, 15) is 9.18 Å². The maximum atomic E-state index is 14.8. The number of rotatable bonds is 3. The van der Waals surface area contributed by atoms with Crippen LogP contribution < -0.4 is 0 Å². The highest BCUT2D eigenvalue weighted by Crippen LogP contribution is 2.48. The number of hydrogen-bond donors (Lipinski definition) is 0. The highest BCUT2D eigenvalue weighted by molar-refractivity contribution is 8.01. The Balaban J connectivity index is 1.79. The van der Waals surface area contributed by atoms with E-state index in [-0.39, 0.29) is 6.42 Å².